The minimum Gasteiger partial charge on any atom is -0.330 e. The Hall–Kier alpha value is -1.62. The Bertz CT molecular complexity index is 381. The highest BCUT2D eigenvalue weighted by Crippen LogP contribution is 2.26. The molecule has 1 unspecified atom stereocenters. The molecule has 2 N–H and O–H groups in total. The van der Waals surface area contributed by atoms with E-state index in [1.165, 1.54) is 0 Å². The Morgan fingerprint density at radius 1 is 1.53 bits per heavy atom. The number of rotatable bonds is 4. The fourth-order valence-corrected chi connectivity index (χ4v) is 2.10. The summed E-state index contributed by atoms with van der Waals surface area (Å²) in [5.74, 6) is 0. The number of likely N-dealkylation sites (N-methyl/N-ethyl adjacent to an activating group) is 1. The van der Waals surface area contributed by atoms with Crippen LogP contribution in [-0.2, 0) is 0 Å². The predicted molar refractivity (Wildman–Crippen MR) is 65.4 cm³/mol. The lowest BCUT2D eigenvalue weighted by atomic mass is 10.2. The van der Waals surface area contributed by atoms with E-state index in [0.717, 1.165) is 18.7 Å². The van der Waals surface area contributed by atoms with Crippen LogP contribution in [0.4, 0.5) is 4.79 Å². The van der Waals surface area contributed by atoms with Crippen molar-refractivity contribution in [2.75, 3.05) is 26.7 Å². The Kier molecular flexibility index (Phi) is 3.58. The third kappa shape index (κ3) is 2.39. The van der Waals surface area contributed by atoms with Crippen LogP contribution in [0, 0.1) is 0 Å². The van der Waals surface area contributed by atoms with Crippen LogP contribution in [0.2, 0.25) is 0 Å². The molecule has 1 saturated heterocycles. The average molecular weight is 234 g/mol. The molecular formula is C12H18N4O. The number of pyridine rings is 1. The summed E-state index contributed by atoms with van der Waals surface area (Å²) in [4.78, 5) is 19.9. The number of nitrogens with two attached hydrogens (primary N) is 1. The second-order valence-corrected chi connectivity index (χ2v) is 4.25. The molecule has 5 nitrogen and oxygen atoms in total. The molecule has 2 heterocycles. The Labute approximate surface area is 101 Å². The zero-order valence-electron chi connectivity index (χ0n) is 10.0. The molecule has 0 aromatic carbocycles. The first kappa shape index (κ1) is 11.9. The summed E-state index contributed by atoms with van der Waals surface area (Å²) in [6.07, 6.45) is 2.60. The number of nitrogens with zero attached hydrogens (tertiary/aromatic N) is 3. The summed E-state index contributed by atoms with van der Waals surface area (Å²) < 4.78 is 0. The van der Waals surface area contributed by atoms with E-state index in [0.29, 0.717) is 13.1 Å². The lowest BCUT2D eigenvalue weighted by Crippen LogP contribution is -2.31. The van der Waals surface area contributed by atoms with Crippen molar-refractivity contribution in [2.45, 2.75) is 12.5 Å². The fourth-order valence-electron chi connectivity index (χ4n) is 2.10. The van der Waals surface area contributed by atoms with Crippen LogP contribution in [0.1, 0.15) is 18.2 Å². The second kappa shape index (κ2) is 5.14. The largest absolute Gasteiger partial charge is 0.330 e. The van der Waals surface area contributed by atoms with E-state index in [1.54, 1.807) is 11.1 Å². The molecule has 1 atom stereocenters. The van der Waals surface area contributed by atoms with Gasteiger partial charge in [0.1, 0.15) is 0 Å². The molecule has 5 heteroatoms. The lowest BCUT2D eigenvalue weighted by Gasteiger charge is -2.16. The maximum atomic E-state index is 12.0. The van der Waals surface area contributed by atoms with E-state index >= 15 is 0 Å². The maximum absolute atomic E-state index is 12.0. The summed E-state index contributed by atoms with van der Waals surface area (Å²) in [5, 5.41) is 0. The Morgan fingerprint density at radius 3 is 3.00 bits per heavy atom. The van der Waals surface area contributed by atoms with Crippen LogP contribution in [0.25, 0.3) is 0 Å². The molecule has 2 amide bonds. The normalized spacial score (nSPS) is 20.1. The van der Waals surface area contributed by atoms with Crippen LogP contribution in [-0.4, -0.2) is 47.5 Å². The van der Waals surface area contributed by atoms with Crippen molar-refractivity contribution in [3.8, 4) is 0 Å². The van der Waals surface area contributed by atoms with Crippen LogP contribution in [0.5, 0.6) is 0 Å². The van der Waals surface area contributed by atoms with Gasteiger partial charge in [0.15, 0.2) is 0 Å². The molecule has 1 fully saturated rings. The van der Waals surface area contributed by atoms with E-state index < -0.39 is 0 Å². The molecular weight excluding hydrogens is 216 g/mol. The molecule has 1 aliphatic heterocycles. The van der Waals surface area contributed by atoms with Gasteiger partial charge in [-0.05, 0) is 25.1 Å². The number of hydrogen-bond acceptors (Lipinski definition) is 3. The van der Waals surface area contributed by atoms with Crippen molar-refractivity contribution < 1.29 is 4.79 Å². The van der Waals surface area contributed by atoms with Crippen LogP contribution >= 0.6 is 0 Å². The van der Waals surface area contributed by atoms with E-state index in [-0.39, 0.29) is 12.1 Å². The smallest absolute Gasteiger partial charge is 0.320 e. The van der Waals surface area contributed by atoms with Gasteiger partial charge in [0.25, 0.3) is 0 Å². The molecule has 17 heavy (non-hydrogen) atoms. The molecule has 1 aromatic heterocycles. The third-order valence-corrected chi connectivity index (χ3v) is 3.09. The van der Waals surface area contributed by atoms with Gasteiger partial charge in [0.05, 0.1) is 11.7 Å². The fraction of sp³-hybridized carbons (Fsp3) is 0.500. The number of carbonyl (C=O) groups is 1. The molecule has 0 saturated carbocycles. The molecule has 92 valence electrons. The van der Waals surface area contributed by atoms with Crippen molar-refractivity contribution in [2.24, 2.45) is 5.73 Å². The highest BCUT2D eigenvalue weighted by molar-refractivity contribution is 5.77. The molecule has 1 aliphatic rings. The van der Waals surface area contributed by atoms with Gasteiger partial charge in [-0.1, -0.05) is 6.07 Å². The van der Waals surface area contributed by atoms with Crippen molar-refractivity contribution in [3.05, 3.63) is 30.1 Å². The van der Waals surface area contributed by atoms with Crippen molar-refractivity contribution in [3.63, 3.8) is 0 Å². The van der Waals surface area contributed by atoms with E-state index in [2.05, 4.69) is 4.98 Å². The summed E-state index contributed by atoms with van der Waals surface area (Å²) in [6, 6.07) is 5.91. The highest BCUT2D eigenvalue weighted by Gasteiger charge is 2.35. The SMILES string of the molecule is CN1C(=O)N(CCCN)CC1c1ccccn1. The summed E-state index contributed by atoms with van der Waals surface area (Å²) in [7, 11) is 1.82. The van der Waals surface area contributed by atoms with Crippen molar-refractivity contribution in [1.29, 1.82) is 0 Å². The summed E-state index contributed by atoms with van der Waals surface area (Å²) >= 11 is 0. The van der Waals surface area contributed by atoms with Gasteiger partial charge in [-0.15, -0.1) is 0 Å². The molecule has 0 radical (unpaired) electrons. The topological polar surface area (TPSA) is 62.5 Å². The number of urea groups is 1. The molecule has 2 rings (SSSR count). The average Bonchev–Trinajstić information content (AvgIpc) is 2.65. The van der Waals surface area contributed by atoms with Gasteiger partial charge in [0, 0.05) is 26.3 Å². The summed E-state index contributed by atoms with van der Waals surface area (Å²) in [5.41, 5.74) is 6.41. The van der Waals surface area contributed by atoms with Gasteiger partial charge in [-0.3, -0.25) is 4.98 Å². The van der Waals surface area contributed by atoms with E-state index in [1.807, 2.05) is 30.1 Å². The standard InChI is InChI=1S/C12H18N4O/c1-15-11(10-5-2-3-7-14-10)9-16(12(15)17)8-4-6-13/h2-3,5,7,11H,4,6,8-9,13H2,1H3. The van der Waals surface area contributed by atoms with Gasteiger partial charge in [-0.25, -0.2) is 4.79 Å². The highest BCUT2D eigenvalue weighted by atomic mass is 16.2. The minimum atomic E-state index is 0.0569. The first-order valence-corrected chi connectivity index (χ1v) is 5.86. The molecule has 1 aromatic rings. The number of carbonyl (C=O) groups excluding carboxylic acids is 1. The molecule has 0 bridgehead atoms. The van der Waals surface area contributed by atoms with Crippen molar-refractivity contribution in [1.82, 2.24) is 14.8 Å². The van der Waals surface area contributed by atoms with Crippen LogP contribution in [0.3, 0.4) is 0 Å². The first-order chi connectivity index (χ1) is 8.24. The lowest BCUT2D eigenvalue weighted by molar-refractivity contribution is 0.195. The third-order valence-electron chi connectivity index (χ3n) is 3.09. The zero-order chi connectivity index (χ0) is 12.3. The summed E-state index contributed by atoms with van der Waals surface area (Å²) in [6.45, 7) is 2.04. The monoisotopic (exact) mass is 234 g/mol. The van der Waals surface area contributed by atoms with Gasteiger partial charge >= 0.3 is 6.03 Å². The molecule has 0 spiro atoms. The van der Waals surface area contributed by atoms with Crippen LogP contribution < -0.4 is 5.73 Å². The number of amides is 2. The minimum absolute atomic E-state index is 0.0569. The van der Waals surface area contributed by atoms with E-state index in [9.17, 15) is 4.79 Å². The second-order valence-electron chi connectivity index (χ2n) is 4.25. The quantitative estimate of drug-likeness (QED) is 0.839. The number of hydrogen-bond donors (Lipinski definition) is 1. The predicted octanol–water partition coefficient (Wildman–Crippen LogP) is 0.839. The molecule has 0 aliphatic carbocycles. The van der Waals surface area contributed by atoms with Crippen LogP contribution in [0.15, 0.2) is 24.4 Å². The van der Waals surface area contributed by atoms with Crippen molar-refractivity contribution >= 4 is 6.03 Å². The zero-order valence-corrected chi connectivity index (χ0v) is 10.0. The van der Waals surface area contributed by atoms with Gasteiger partial charge < -0.3 is 15.5 Å². The Morgan fingerprint density at radius 2 is 2.35 bits per heavy atom. The van der Waals surface area contributed by atoms with Gasteiger partial charge in [0.2, 0.25) is 0 Å². The maximum Gasteiger partial charge on any atom is 0.320 e. The Balaban J connectivity index is 2.09. The van der Waals surface area contributed by atoms with Gasteiger partial charge in [-0.2, -0.15) is 0 Å². The van der Waals surface area contributed by atoms with E-state index in [4.69, 9.17) is 5.73 Å². The number of aromatic nitrogens is 1. The first-order valence-electron chi connectivity index (χ1n) is 5.86.